The van der Waals surface area contributed by atoms with Crippen molar-refractivity contribution in [2.24, 2.45) is 5.73 Å². The van der Waals surface area contributed by atoms with E-state index in [1.54, 1.807) is 4.31 Å². The van der Waals surface area contributed by atoms with Gasteiger partial charge in [0.05, 0.1) is 0 Å². The lowest BCUT2D eigenvalue weighted by Gasteiger charge is -2.21. The molecular weight excluding hydrogens is 256 g/mol. The zero-order valence-electron chi connectivity index (χ0n) is 10.1. The molecule has 2 heterocycles. The molecule has 1 aromatic heterocycles. The topological polar surface area (TPSA) is 63.4 Å². The molecule has 96 valence electrons. The molecule has 1 fully saturated rings. The molecule has 1 aliphatic heterocycles. The van der Waals surface area contributed by atoms with Crippen molar-refractivity contribution < 1.29 is 8.42 Å². The van der Waals surface area contributed by atoms with Gasteiger partial charge in [-0.05, 0) is 37.6 Å². The first-order chi connectivity index (χ1) is 7.98. The summed E-state index contributed by atoms with van der Waals surface area (Å²) in [6.07, 6.45) is 1.89. The Labute approximate surface area is 106 Å². The first-order valence-corrected chi connectivity index (χ1v) is 8.09. The van der Waals surface area contributed by atoms with Crippen LogP contribution in [0.2, 0.25) is 0 Å². The van der Waals surface area contributed by atoms with Gasteiger partial charge in [-0.3, -0.25) is 0 Å². The zero-order chi connectivity index (χ0) is 12.6. The van der Waals surface area contributed by atoms with Gasteiger partial charge in [-0.2, -0.15) is 4.31 Å². The van der Waals surface area contributed by atoms with Crippen molar-refractivity contribution in [3.63, 3.8) is 0 Å². The van der Waals surface area contributed by atoms with Gasteiger partial charge in [-0.1, -0.05) is 0 Å². The fraction of sp³-hybridized carbons (Fsp3) is 0.636. The van der Waals surface area contributed by atoms with E-state index in [0.717, 1.165) is 23.3 Å². The summed E-state index contributed by atoms with van der Waals surface area (Å²) in [5, 5.41) is 1.87. The molecule has 2 N–H and O–H groups in total. The molecule has 4 nitrogen and oxygen atoms in total. The first-order valence-electron chi connectivity index (χ1n) is 5.77. The lowest BCUT2D eigenvalue weighted by molar-refractivity contribution is 0.408. The number of hydrogen-bond acceptors (Lipinski definition) is 4. The maximum atomic E-state index is 12.6. The minimum atomic E-state index is -3.35. The van der Waals surface area contributed by atoms with Crippen molar-refractivity contribution in [2.45, 2.75) is 44.2 Å². The van der Waals surface area contributed by atoms with Gasteiger partial charge >= 0.3 is 0 Å². The van der Waals surface area contributed by atoms with Crippen LogP contribution < -0.4 is 5.73 Å². The molecule has 0 spiro atoms. The summed E-state index contributed by atoms with van der Waals surface area (Å²) >= 11 is 1.43. The molecule has 0 bridgehead atoms. The van der Waals surface area contributed by atoms with Crippen LogP contribution in [0.3, 0.4) is 0 Å². The van der Waals surface area contributed by atoms with E-state index in [9.17, 15) is 8.42 Å². The van der Waals surface area contributed by atoms with E-state index >= 15 is 0 Å². The monoisotopic (exact) mass is 274 g/mol. The van der Waals surface area contributed by atoms with E-state index in [4.69, 9.17) is 5.73 Å². The van der Waals surface area contributed by atoms with Crippen LogP contribution in [-0.4, -0.2) is 25.3 Å². The van der Waals surface area contributed by atoms with Crippen molar-refractivity contribution >= 4 is 21.4 Å². The largest absolute Gasteiger partial charge is 0.326 e. The van der Waals surface area contributed by atoms with E-state index in [0.29, 0.717) is 11.4 Å². The van der Waals surface area contributed by atoms with E-state index in [2.05, 4.69) is 0 Å². The molecule has 0 aliphatic carbocycles. The molecule has 6 heteroatoms. The normalized spacial score (nSPS) is 22.2. The van der Waals surface area contributed by atoms with Crippen molar-refractivity contribution in [1.29, 1.82) is 0 Å². The summed E-state index contributed by atoms with van der Waals surface area (Å²) in [5.41, 5.74) is 6.44. The van der Waals surface area contributed by atoms with Crippen LogP contribution in [0.15, 0.2) is 10.3 Å². The molecule has 17 heavy (non-hydrogen) atoms. The number of hydrogen-bond donors (Lipinski definition) is 1. The van der Waals surface area contributed by atoms with Crippen LogP contribution in [0.1, 0.15) is 30.2 Å². The van der Waals surface area contributed by atoms with Crippen LogP contribution in [-0.2, 0) is 16.6 Å². The van der Waals surface area contributed by atoms with E-state index in [-0.39, 0.29) is 12.6 Å². The van der Waals surface area contributed by atoms with E-state index in [1.165, 1.54) is 11.3 Å². The maximum Gasteiger partial charge on any atom is 0.244 e. The Morgan fingerprint density at radius 3 is 2.82 bits per heavy atom. The highest BCUT2D eigenvalue weighted by Gasteiger charge is 2.35. The van der Waals surface area contributed by atoms with Gasteiger partial charge in [0.2, 0.25) is 10.0 Å². The van der Waals surface area contributed by atoms with Gasteiger partial charge in [-0.25, -0.2) is 8.42 Å². The van der Waals surface area contributed by atoms with Crippen LogP contribution in [0.4, 0.5) is 0 Å². The quantitative estimate of drug-likeness (QED) is 0.912. The number of nitrogens with zero attached hydrogens (tertiary/aromatic N) is 1. The maximum absolute atomic E-state index is 12.6. The predicted molar refractivity (Wildman–Crippen MR) is 69.5 cm³/mol. The summed E-state index contributed by atoms with van der Waals surface area (Å²) in [7, 11) is -3.35. The molecule has 1 unspecified atom stereocenters. The Hall–Kier alpha value is -0.430. The van der Waals surface area contributed by atoms with Crippen LogP contribution in [0.5, 0.6) is 0 Å². The van der Waals surface area contributed by atoms with Gasteiger partial charge in [0.15, 0.2) is 0 Å². The molecule has 1 atom stereocenters. The van der Waals surface area contributed by atoms with Crippen LogP contribution in [0, 0.1) is 6.92 Å². The fourth-order valence-corrected chi connectivity index (χ4v) is 5.71. The van der Waals surface area contributed by atoms with Gasteiger partial charge < -0.3 is 5.73 Å². The molecule has 1 aliphatic rings. The highest BCUT2D eigenvalue weighted by atomic mass is 32.2. The molecule has 0 saturated carbocycles. The molecule has 2 rings (SSSR count). The Morgan fingerprint density at radius 2 is 2.29 bits per heavy atom. The lowest BCUT2D eigenvalue weighted by Crippen LogP contribution is -2.34. The lowest BCUT2D eigenvalue weighted by atomic mass is 10.3. The summed E-state index contributed by atoms with van der Waals surface area (Å²) in [6.45, 7) is 4.72. The van der Waals surface area contributed by atoms with Crippen molar-refractivity contribution in [1.82, 2.24) is 4.31 Å². The van der Waals surface area contributed by atoms with Crippen molar-refractivity contribution in [3.05, 3.63) is 15.8 Å². The zero-order valence-corrected chi connectivity index (χ0v) is 11.8. The highest BCUT2D eigenvalue weighted by Crippen LogP contribution is 2.32. The predicted octanol–water partition coefficient (Wildman–Crippen LogP) is 1.69. The summed E-state index contributed by atoms with van der Waals surface area (Å²) in [4.78, 5) is 1.21. The van der Waals surface area contributed by atoms with Gasteiger partial charge in [-0.15, -0.1) is 11.3 Å². The number of thiophene rings is 1. The second kappa shape index (κ2) is 4.68. The highest BCUT2D eigenvalue weighted by molar-refractivity contribution is 7.89. The SMILES string of the molecule is Cc1csc(CN)c1S(=O)(=O)N1CCCC1C. The fourth-order valence-electron chi connectivity index (χ4n) is 2.36. The van der Waals surface area contributed by atoms with E-state index in [1.807, 2.05) is 19.2 Å². The van der Waals surface area contributed by atoms with Gasteiger partial charge in [0.25, 0.3) is 0 Å². The number of nitrogens with two attached hydrogens (primary N) is 1. The minimum absolute atomic E-state index is 0.102. The van der Waals surface area contributed by atoms with Crippen LogP contribution in [0.25, 0.3) is 0 Å². The van der Waals surface area contributed by atoms with Crippen molar-refractivity contribution in [2.75, 3.05) is 6.54 Å². The van der Waals surface area contributed by atoms with E-state index < -0.39 is 10.0 Å². The van der Waals surface area contributed by atoms with Gasteiger partial charge in [0, 0.05) is 24.0 Å². The first kappa shape index (κ1) is 13.0. The second-order valence-corrected chi connectivity index (χ2v) is 7.27. The smallest absolute Gasteiger partial charge is 0.244 e. The summed E-state index contributed by atoms with van der Waals surface area (Å²) < 4.78 is 26.8. The average Bonchev–Trinajstić information content (AvgIpc) is 2.84. The Balaban J connectivity index is 2.47. The molecule has 1 aromatic rings. The average molecular weight is 274 g/mol. The third-order valence-electron chi connectivity index (χ3n) is 3.23. The Bertz CT molecular complexity index is 508. The standard InChI is InChI=1S/C11H18N2O2S2/c1-8-7-16-10(6-12)11(8)17(14,15)13-5-3-4-9(13)2/h7,9H,3-6,12H2,1-2H3. The number of rotatable bonds is 3. The summed E-state index contributed by atoms with van der Waals surface area (Å²) in [5.74, 6) is 0. The molecule has 0 radical (unpaired) electrons. The number of aryl methyl sites for hydroxylation is 1. The number of sulfonamides is 1. The molecule has 0 amide bonds. The van der Waals surface area contributed by atoms with Gasteiger partial charge in [0.1, 0.15) is 4.90 Å². The molecule has 1 saturated heterocycles. The molecule has 0 aromatic carbocycles. The summed E-state index contributed by atoms with van der Waals surface area (Å²) in [6, 6.07) is 0.102. The second-order valence-electron chi connectivity index (χ2n) is 4.48. The van der Waals surface area contributed by atoms with Crippen molar-refractivity contribution in [3.8, 4) is 0 Å². The minimum Gasteiger partial charge on any atom is -0.326 e. The third-order valence-corrected chi connectivity index (χ3v) is 6.73. The third kappa shape index (κ3) is 2.14. The Morgan fingerprint density at radius 1 is 1.59 bits per heavy atom. The van der Waals surface area contributed by atoms with Crippen LogP contribution >= 0.6 is 11.3 Å². The molecular formula is C11H18N2O2S2. The Kier molecular flexibility index (Phi) is 3.58.